The third kappa shape index (κ3) is 3.78. The maximum Gasteiger partial charge on any atom is 0.356 e. The first-order valence-electron chi connectivity index (χ1n) is 6.73. The van der Waals surface area contributed by atoms with E-state index < -0.39 is 5.97 Å². The molecule has 0 bridgehead atoms. The fraction of sp³-hybridized carbons (Fsp3) is 0. The van der Waals surface area contributed by atoms with Crippen LogP contribution in [0.2, 0.25) is 30.1 Å². The lowest BCUT2D eigenvalue weighted by atomic mass is 10.1. The van der Waals surface area contributed by atoms with Crippen LogP contribution in [0.4, 0.5) is 0 Å². The Bertz CT molecular complexity index is 1000. The monoisotopic (exact) mass is 485 g/mol. The topological polar surface area (TPSA) is 50.2 Å². The highest BCUT2D eigenvalue weighted by Crippen LogP contribution is 2.42. The molecule has 0 radical (unpaired) electrons. The van der Waals surface area contributed by atoms with Gasteiger partial charge in [0.15, 0.2) is 5.69 Å². The molecular formula is C16H5Cl6NO2S. The molecular weight excluding hydrogens is 483 g/mol. The van der Waals surface area contributed by atoms with E-state index in [-0.39, 0.29) is 35.8 Å². The molecule has 3 aromatic rings. The Balaban J connectivity index is 2.21. The van der Waals surface area contributed by atoms with Crippen molar-refractivity contribution in [1.29, 1.82) is 0 Å². The number of rotatable bonds is 3. The highest BCUT2D eigenvalue weighted by atomic mass is 35.5. The molecule has 0 aliphatic heterocycles. The molecule has 0 fully saturated rings. The minimum atomic E-state index is -1.20. The third-order valence-corrected chi connectivity index (χ3v) is 6.85. The second kappa shape index (κ2) is 7.72. The maximum absolute atomic E-state index is 11.6. The van der Waals surface area contributed by atoms with Crippen molar-refractivity contribution in [2.45, 2.75) is 0 Å². The highest BCUT2D eigenvalue weighted by molar-refractivity contribution is 7.18. The molecule has 3 nitrogen and oxygen atoms in total. The molecule has 10 heteroatoms. The molecule has 1 heterocycles. The summed E-state index contributed by atoms with van der Waals surface area (Å²) in [4.78, 5) is 16.2. The van der Waals surface area contributed by atoms with Crippen LogP contribution in [0, 0.1) is 0 Å². The fourth-order valence-corrected chi connectivity index (χ4v) is 4.37. The van der Waals surface area contributed by atoms with Gasteiger partial charge in [-0.25, -0.2) is 9.78 Å². The minimum Gasteiger partial charge on any atom is -0.476 e. The second-order valence-corrected chi connectivity index (χ2v) is 8.39. The van der Waals surface area contributed by atoms with E-state index in [0.29, 0.717) is 21.0 Å². The van der Waals surface area contributed by atoms with Crippen LogP contribution in [0.1, 0.15) is 10.5 Å². The van der Waals surface area contributed by atoms with E-state index in [4.69, 9.17) is 69.6 Å². The van der Waals surface area contributed by atoms with Crippen LogP contribution in [0.3, 0.4) is 0 Å². The summed E-state index contributed by atoms with van der Waals surface area (Å²) < 4.78 is 0. The minimum absolute atomic E-state index is 0.151. The van der Waals surface area contributed by atoms with E-state index in [1.165, 1.54) is 12.1 Å². The van der Waals surface area contributed by atoms with Crippen molar-refractivity contribution < 1.29 is 9.90 Å². The van der Waals surface area contributed by atoms with Crippen molar-refractivity contribution in [2.75, 3.05) is 0 Å². The molecule has 1 N–H and O–H groups in total. The van der Waals surface area contributed by atoms with Crippen LogP contribution in [0.15, 0.2) is 24.3 Å². The smallest absolute Gasteiger partial charge is 0.356 e. The first-order valence-corrected chi connectivity index (χ1v) is 9.81. The molecule has 0 aliphatic carbocycles. The van der Waals surface area contributed by atoms with Crippen molar-refractivity contribution in [3.63, 3.8) is 0 Å². The number of nitrogens with zero attached hydrogens (tertiary/aromatic N) is 1. The number of carboxylic acids is 1. The van der Waals surface area contributed by atoms with Gasteiger partial charge in [-0.2, -0.15) is 0 Å². The van der Waals surface area contributed by atoms with Crippen molar-refractivity contribution >= 4 is 86.9 Å². The molecule has 0 saturated carbocycles. The van der Waals surface area contributed by atoms with Gasteiger partial charge >= 0.3 is 5.97 Å². The Kier molecular flexibility index (Phi) is 5.95. The SMILES string of the molecule is O=C(O)c1nc(-c2cc(Cl)c(Cl)c(Cl)c2)sc1-c1cc(Cl)c(Cl)c(Cl)c1. The highest BCUT2D eigenvalue weighted by Gasteiger charge is 2.22. The van der Waals surface area contributed by atoms with Crippen LogP contribution in [0.25, 0.3) is 21.0 Å². The first kappa shape index (κ1) is 20.0. The van der Waals surface area contributed by atoms with E-state index in [2.05, 4.69) is 4.98 Å². The summed E-state index contributed by atoms with van der Waals surface area (Å²) in [7, 11) is 0. The summed E-state index contributed by atoms with van der Waals surface area (Å²) >= 11 is 37.2. The van der Waals surface area contributed by atoms with Crippen LogP contribution in [0.5, 0.6) is 0 Å². The van der Waals surface area contributed by atoms with Gasteiger partial charge in [0, 0.05) is 5.56 Å². The fourth-order valence-electron chi connectivity index (χ4n) is 2.15. The zero-order valence-electron chi connectivity index (χ0n) is 12.3. The summed E-state index contributed by atoms with van der Waals surface area (Å²) in [5.41, 5.74) is 0.868. The normalized spacial score (nSPS) is 11.0. The Morgan fingerprint density at radius 2 is 1.23 bits per heavy atom. The Labute approximate surface area is 182 Å². The Morgan fingerprint density at radius 3 is 1.65 bits per heavy atom. The number of hydrogen-bond acceptors (Lipinski definition) is 3. The molecule has 0 unspecified atom stereocenters. The van der Waals surface area contributed by atoms with Crippen LogP contribution >= 0.6 is 80.9 Å². The first-order chi connectivity index (χ1) is 12.2. The number of carbonyl (C=O) groups is 1. The van der Waals surface area contributed by atoms with Gasteiger partial charge in [-0.1, -0.05) is 69.6 Å². The number of carboxylic acid groups (broad SMARTS) is 1. The van der Waals surface area contributed by atoms with Crippen LogP contribution in [-0.2, 0) is 0 Å². The number of aromatic nitrogens is 1. The van der Waals surface area contributed by atoms with E-state index in [0.717, 1.165) is 11.3 Å². The van der Waals surface area contributed by atoms with Gasteiger partial charge < -0.3 is 5.11 Å². The van der Waals surface area contributed by atoms with Gasteiger partial charge in [-0.3, -0.25) is 0 Å². The maximum atomic E-state index is 11.6. The predicted molar refractivity (Wildman–Crippen MR) is 110 cm³/mol. The van der Waals surface area contributed by atoms with Crippen molar-refractivity contribution in [2.24, 2.45) is 0 Å². The lowest BCUT2D eigenvalue weighted by Crippen LogP contribution is -1.99. The van der Waals surface area contributed by atoms with Crippen molar-refractivity contribution in [1.82, 2.24) is 4.98 Å². The van der Waals surface area contributed by atoms with Gasteiger partial charge in [0.05, 0.1) is 35.0 Å². The summed E-state index contributed by atoms with van der Waals surface area (Å²) in [6.45, 7) is 0. The summed E-state index contributed by atoms with van der Waals surface area (Å²) in [6, 6.07) is 6.18. The molecule has 0 spiro atoms. The van der Waals surface area contributed by atoms with Crippen LogP contribution < -0.4 is 0 Å². The van der Waals surface area contributed by atoms with Gasteiger partial charge in [0.2, 0.25) is 0 Å². The predicted octanol–water partition coefficient (Wildman–Crippen LogP) is 8.10. The van der Waals surface area contributed by atoms with Gasteiger partial charge in [0.25, 0.3) is 0 Å². The zero-order chi connectivity index (χ0) is 19.2. The summed E-state index contributed by atoms with van der Waals surface area (Å²) in [6.07, 6.45) is 0. The molecule has 0 atom stereocenters. The third-order valence-electron chi connectivity index (χ3n) is 3.31. The van der Waals surface area contributed by atoms with E-state index in [9.17, 15) is 9.90 Å². The molecule has 26 heavy (non-hydrogen) atoms. The number of thiazole rings is 1. The molecule has 0 saturated heterocycles. The van der Waals surface area contributed by atoms with E-state index >= 15 is 0 Å². The second-order valence-electron chi connectivity index (χ2n) is 5.01. The van der Waals surface area contributed by atoms with E-state index in [1.807, 2.05) is 0 Å². The molecule has 0 amide bonds. The van der Waals surface area contributed by atoms with Gasteiger partial charge in [-0.05, 0) is 29.8 Å². The molecule has 2 aromatic carbocycles. The van der Waals surface area contributed by atoms with E-state index in [1.54, 1.807) is 12.1 Å². The lowest BCUT2D eigenvalue weighted by molar-refractivity contribution is 0.0692. The number of aromatic carboxylic acids is 1. The number of hydrogen-bond donors (Lipinski definition) is 1. The Hall–Kier alpha value is -0.720. The van der Waals surface area contributed by atoms with Crippen LogP contribution in [-0.4, -0.2) is 16.1 Å². The molecule has 134 valence electrons. The average Bonchev–Trinajstić information content (AvgIpc) is 3.02. The van der Waals surface area contributed by atoms with Crippen molar-refractivity contribution in [3.05, 3.63) is 60.1 Å². The average molecular weight is 488 g/mol. The summed E-state index contributed by atoms with van der Waals surface area (Å²) in [5, 5.41) is 11.2. The summed E-state index contributed by atoms with van der Waals surface area (Å²) in [5.74, 6) is -1.20. The number of benzene rings is 2. The molecule has 1 aromatic heterocycles. The largest absolute Gasteiger partial charge is 0.476 e. The van der Waals surface area contributed by atoms with Gasteiger partial charge in [0.1, 0.15) is 5.01 Å². The zero-order valence-corrected chi connectivity index (χ0v) is 17.6. The quantitative estimate of drug-likeness (QED) is 0.380. The number of halogens is 6. The van der Waals surface area contributed by atoms with Crippen molar-refractivity contribution in [3.8, 4) is 21.0 Å². The van der Waals surface area contributed by atoms with Gasteiger partial charge in [-0.15, -0.1) is 11.3 Å². The molecule has 3 rings (SSSR count). The Morgan fingerprint density at radius 1 is 0.808 bits per heavy atom. The standard InChI is InChI=1S/C16H5Cl6NO2S/c17-7-1-5(2-8(18)11(7)21)14-13(16(24)25)23-15(26-14)6-3-9(19)12(22)10(20)4-6/h1-4H,(H,24,25). The lowest BCUT2D eigenvalue weighted by Gasteiger charge is -2.04. The molecule has 0 aliphatic rings.